The molecule has 1 rings (SSSR count). The smallest absolute Gasteiger partial charge is 0.326 e. The van der Waals surface area contributed by atoms with Gasteiger partial charge in [-0.2, -0.15) is 0 Å². The number of thiocarbonyl (C=S) groups is 1. The molecule has 0 saturated carbocycles. The summed E-state index contributed by atoms with van der Waals surface area (Å²) in [5.74, 6) is -0.921. The third-order valence-electron chi connectivity index (χ3n) is 1.97. The van der Waals surface area contributed by atoms with Crippen LogP contribution in [0.25, 0.3) is 0 Å². The molecule has 0 aromatic carbocycles. The van der Waals surface area contributed by atoms with Gasteiger partial charge in [0.05, 0.1) is 11.1 Å². The van der Waals surface area contributed by atoms with Crippen LogP contribution in [-0.4, -0.2) is 44.8 Å². The molecular weight excluding hydrogens is 178 g/mol. The van der Waals surface area contributed by atoms with Crippen LogP contribution in [0.1, 0.15) is 13.3 Å². The van der Waals surface area contributed by atoms with Crippen molar-refractivity contribution in [2.45, 2.75) is 25.5 Å². The third kappa shape index (κ3) is 1.73. The summed E-state index contributed by atoms with van der Waals surface area (Å²) in [6, 6.07) is -0.641. The number of carbonyl (C=O) groups is 1. The lowest BCUT2D eigenvalue weighted by Crippen LogP contribution is -2.38. The maximum Gasteiger partial charge on any atom is 0.326 e. The van der Waals surface area contributed by atoms with Crippen LogP contribution in [0.15, 0.2) is 0 Å². The highest BCUT2D eigenvalue weighted by Crippen LogP contribution is 2.18. The maximum absolute atomic E-state index is 10.6. The molecule has 2 atom stereocenters. The van der Waals surface area contributed by atoms with E-state index in [1.54, 1.807) is 11.8 Å². The number of carboxylic acid groups (broad SMARTS) is 1. The fraction of sp³-hybridized carbons (Fsp3) is 0.714. The first-order chi connectivity index (χ1) is 5.52. The Hall–Kier alpha value is -0.680. The van der Waals surface area contributed by atoms with Crippen molar-refractivity contribution in [2.75, 3.05) is 6.54 Å². The molecule has 0 bridgehead atoms. The zero-order valence-corrected chi connectivity index (χ0v) is 7.54. The highest BCUT2D eigenvalue weighted by molar-refractivity contribution is 7.80. The van der Waals surface area contributed by atoms with Gasteiger partial charge in [0.15, 0.2) is 0 Å². The van der Waals surface area contributed by atoms with Crippen molar-refractivity contribution in [3.63, 3.8) is 0 Å². The van der Waals surface area contributed by atoms with Crippen molar-refractivity contribution in [1.82, 2.24) is 4.90 Å². The fourth-order valence-electron chi connectivity index (χ4n) is 1.40. The zero-order valence-electron chi connectivity index (χ0n) is 6.73. The van der Waals surface area contributed by atoms with Gasteiger partial charge in [0, 0.05) is 13.0 Å². The number of rotatable bonds is 1. The Bertz CT molecular complexity index is 197. The van der Waals surface area contributed by atoms with E-state index >= 15 is 0 Å². The van der Waals surface area contributed by atoms with Gasteiger partial charge in [-0.3, -0.25) is 0 Å². The summed E-state index contributed by atoms with van der Waals surface area (Å²) in [6.45, 7) is 2.01. The second kappa shape index (κ2) is 3.37. The van der Waals surface area contributed by atoms with E-state index in [-0.39, 0.29) is 6.42 Å². The molecule has 0 aliphatic carbocycles. The zero-order chi connectivity index (χ0) is 9.30. The maximum atomic E-state index is 10.6. The van der Waals surface area contributed by atoms with E-state index in [2.05, 4.69) is 0 Å². The second-order valence-corrected chi connectivity index (χ2v) is 3.51. The molecule has 5 heteroatoms. The van der Waals surface area contributed by atoms with Crippen molar-refractivity contribution in [2.24, 2.45) is 0 Å². The molecule has 1 saturated heterocycles. The van der Waals surface area contributed by atoms with E-state index in [0.717, 1.165) is 0 Å². The molecule has 1 heterocycles. The van der Waals surface area contributed by atoms with Gasteiger partial charge in [-0.1, -0.05) is 12.2 Å². The molecule has 0 radical (unpaired) electrons. The first-order valence-corrected chi connectivity index (χ1v) is 4.11. The Morgan fingerprint density at radius 3 is 2.58 bits per heavy atom. The van der Waals surface area contributed by atoms with Crippen LogP contribution in [0.3, 0.4) is 0 Å². The van der Waals surface area contributed by atoms with Gasteiger partial charge in [-0.05, 0) is 6.92 Å². The number of aliphatic hydroxyl groups excluding tert-OH is 1. The summed E-state index contributed by atoms with van der Waals surface area (Å²) in [6.07, 6.45) is -0.299. The van der Waals surface area contributed by atoms with E-state index in [4.69, 9.17) is 17.3 Å². The van der Waals surface area contributed by atoms with E-state index < -0.39 is 18.1 Å². The average Bonchev–Trinajstić information content (AvgIpc) is 2.31. The van der Waals surface area contributed by atoms with Crippen molar-refractivity contribution in [3.8, 4) is 0 Å². The van der Waals surface area contributed by atoms with Crippen molar-refractivity contribution in [1.29, 1.82) is 0 Å². The summed E-state index contributed by atoms with van der Waals surface area (Å²) >= 11 is 4.86. The van der Waals surface area contributed by atoms with Gasteiger partial charge in [0.1, 0.15) is 6.04 Å². The quantitative estimate of drug-likeness (QED) is 0.562. The topological polar surface area (TPSA) is 60.8 Å². The molecule has 1 aliphatic heterocycles. The molecule has 0 aromatic rings. The molecule has 4 nitrogen and oxygen atoms in total. The van der Waals surface area contributed by atoms with Crippen LogP contribution in [0.4, 0.5) is 0 Å². The van der Waals surface area contributed by atoms with Gasteiger partial charge < -0.3 is 15.1 Å². The van der Waals surface area contributed by atoms with Crippen LogP contribution < -0.4 is 0 Å². The van der Waals surface area contributed by atoms with Crippen LogP contribution in [0, 0.1) is 0 Å². The third-order valence-corrected chi connectivity index (χ3v) is 2.20. The first-order valence-electron chi connectivity index (χ1n) is 3.70. The molecule has 1 aliphatic rings. The van der Waals surface area contributed by atoms with Gasteiger partial charge >= 0.3 is 5.97 Å². The summed E-state index contributed by atoms with van der Waals surface area (Å²) < 4.78 is 0. The van der Waals surface area contributed by atoms with Gasteiger partial charge in [0.25, 0.3) is 0 Å². The predicted octanol–water partition coefficient (Wildman–Crippen LogP) is -0.146. The number of aliphatic carboxylic acids is 1. The number of hydrogen-bond donors (Lipinski definition) is 2. The van der Waals surface area contributed by atoms with Crippen molar-refractivity contribution < 1.29 is 15.0 Å². The lowest BCUT2D eigenvalue weighted by Gasteiger charge is -2.21. The number of hydrogen-bond acceptors (Lipinski definition) is 3. The Kier molecular flexibility index (Phi) is 2.64. The van der Waals surface area contributed by atoms with Gasteiger partial charge in [-0.25, -0.2) is 4.79 Å². The first kappa shape index (κ1) is 9.41. The predicted molar refractivity (Wildman–Crippen MR) is 47.0 cm³/mol. The molecule has 0 unspecified atom stereocenters. The summed E-state index contributed by atoms with van der Waals surface area (Å²) in [7, 11) is 0. The highest BCUT2D eigenvalue weighted by atomic mass is 32.1. The number of carboxylic acids is 1. The molecular formula is C7H11NO3S. The number of likely N-dealkylation sites (tertiary alicyclic amines) is 1. The highest BCUT2D eigenvalue weighted by Gasteiger charge is 2.35. The van der Waals surface area contributed by atoms with Crippen molar-refractivity contribution in [3.05, 3.63) is 0 Å². The minimum Gasteiger partial charge on any atom is -0.480 e. The van der Waals surface area contributed by atoms with Gasteiger partial charge in [-0.15, -0.1) is 0 Å². The van der Waals surface area contributed by atoms with E-state index in [1.807, 2.05) is 0 Å². The van der Waals surface area contributed by atoms with Crippen LogP contribution >= 0.6 is 12.2 Å². The van der Waals surface area contributed by atoms with Crippen LogP contribution in [-0.2, 0) is 4.79 Å². The van der Waals surface area contributed by atoms with Crippen LogP contribution in [0.5, 0.6) is 0 Å². The SMILES string of the molecule is CC(=S)N1C[C@H](O)C[C@H]1C(=O)O. The van der Waals surface area contributed by atoms with E-state index in [9.17, 15) is 9.90 Å². The summed E-state index contributed by atoms with van der Waals surface area (Å²) in [4.78, 5) is 12.7. The molecule has 0 amide bonds. The number of nitrogens with zero attached hydrogens (tertiary/aromatic N) is 1. The molecule has 12 heavy (non-hydrogen) atoms. The van der Waals surface area contributed by atoms with Gasteiger partial charge in [0.2, 0.25) is 0 Å². The standard InChI is InChI=1S/C7H11NO3S/c1-4(12)8-3-5(9)2-6(8)7(10)11/h5-6,9H,2-3H2,1H3,(H,10,11)/t5-,6+/m1/s1. The minimum absolute atomic E-state index is 0.267. The Morgan fingerprint density at radius 2 is 2.25 bits per heavy atom. The van der Waals surface area contributed by atoms with Crippen molar-refractivity contribution >= 4 is 23.2 Å². The molecule has 68 valence electrons. The monoisotopic (exact) mass is 189 g/mol. The minimum atomic E-state index is -0.921. The number of β-amino-alcohol motifs (C(OH)–C–C–N with tert-alkyl or cyclic N) is 1. The van der Waals surface area contributed by atoms with Crippen LogP contribution in [0.2, 0.25) is 0 Å². The molecule has 0 aromatic heterocycles. The lowest BCUT2D eigenvalue weighted by atomic mass is 10.2. The summed E-state index contributed by atoms with van der Waals surface area (Å²) in [5.41, 5.74) is 0. The van der Waals surface area contributed by atoms with E-state index in [1.165, 1.54) is 0 Å². The number of aliphatic hydroxyl groups is 1. The Labute approximate surface area is 75.8 Å². The Balaban J connectivity index is 2.72. The normalized spacial score (nSPS) is 29.0. The lowest BCUT2D eigenvalue weighted by molar-refractivity contribution is -0.140. The molecule has 1 fully saturated rings. The Morgan fingerprint density at radius 1 is 1.67 bits per heavy atom. The second-order valence-electron chi connectivity index (χ2n) is 2.91. The molecule has 2 N–H and O–H groups in total. The molecule has 0 spiro atoms. The fourth-order valence-corrected chi connectivity index (χ4v) is 1.60. The largest absolute Gasteiger partial charge is 0.480 e. The van der Waals surface area contributed by atoms with E-state index in [0.29, 0.717) is 11.5 Å². The summed E-state index contributed by atoms with van der Waals surface area (Å²) in [5, 5.41) is 17.9. The average molecular weight is 189 g/mol.